The van der Waals surface area contributed by atoms with Gasteiger partial charge in [0.1, 0.15) is 12.7 Å². The zero-order valence-corrected chi connectivity index (χ0v) is 43.0. The molecule has 4 N–H and O–H groups in total. The molecule has 0 bridgehead atoms. The van der Waals surface area contributed by atoms with Gasteiger partial charge in [-0.1, -0.05) is 238 Å². The number of phosphoric acid groups is 1. The van der Waals surface area contributed by atoms with Gasteiger partial charge in [-0.05, 0) is 38.5 Å². The Bertz CT molecular complexity index is 1150. The quantitative estimate of drug-likeness (QED) is 0.0199. The Morgan fingerprint density at radius 2 is 0.800 bits per heavy atom. The lowest BCUT2D eigenvalue weighted by molar-refractivity contribution is -0.147. The van der Waals surface area contributed by atoms with E-state index in [9.17, 15) is 34.1 Å². The molecule has 0 fully saturated rings. The molecule has 0 aromatic carbocycles. The molecule has 0 saturated carbocycles. The smallest absolute Gasteiger partial charge is 0.472 e. The van der Waals surface area contributed by atoms with Crippen molar-refractivity contribution in [2.24, 2.45) is 0 Å². The number of nitrogens with one attached hydrogen (secondary N) is 1. The SMILES string of the molecule is CCCCCCCC/C=C/CCCCCCCCCCCC(=O)NC(COP(=O)(O)OCC(O)COC(=O)CCCCCCCCCCCCCCCCCCCCCCCC)C(=O)O. The van der Waals surface area contributed by atoms with Crippen LogP contribution in [0.25, 0.3) is 0 Å². The van der Waals surface area contributed by atoms with Gasteiger partial charge in [-0.2, -0.15) is 0 Å². The number of carboxylic acids is 1. The molecular weight excluding hydrogens is 842 g/mol. The summed E-state index contributed by atoms with van der Waals surface area (Å²) in [5.74, 6) is -2.35. The molecule has 0 heterocycles. The second kappa shape index (κ2) is 48.7. The van der Waals surface area contributed by atoms with E-state index < -0.39 is 57.6 Å². The van der Waals surface area contributed by atoms with E-state index in [-0.39, 0.29) is 12.8 Å². The van der Waals surface area contributed by atoms with Crippen LogP contribution < -0.4 is 5.32 Å². The summed E-state index contributed by atoms with van der Waals surface area (Å²) >= 11 is 0. The second-order valence-corrected chi connectivity index (χ2v) is 20.2. The summed E-state index contributed by atoms with van der Waals surface area (Å²) in [7, 11) is -4.76. The first-order valence-electron chi connectivity index (χ1n) is 27.2. The van der Waals surface area contributed by atoms with E-state index in [1.807, 2.05) is 0 Å². The molecule has 3 atom stereocenters. The van der Waals surface area contributed by atoms with Crippen molar-refractivity contribution in [2.45, 2.75) is 289 Å². The Hall–Kier alpha value is -1.78. The predicted octanol–water partition coefficient (Wildman–Crippen LogP) is 15.2. The molecule has 0 radical (unpaired) electrons. The Morgan fingerprint density at radius 3 is 1.17 bits per heavy atom. The van der Waals surface area contributed by atoms with Crippen molar-refractivity contribution in [3.05, 3.63) is 12.2 Å². The van der Waals surface area contributed by atoms with Gasteiger partial charge < -0.3 is 25.2 Å². The molecule has 65 heavy (non-hydrogen) atoms. The highest BCUT2D eigenvalue weighted by Crippen LogP contribution is 2.43. The van der Waals surface area contributed by atoms with Crippen molar-refractivity contribution in [1.29, 1.82) is 0 Å². The standard InChI is InChI=1S/C53H102NO10P/c1-3-5-7-9-11-13-15-17-19-21-23-24-25-27-29-31-33-35-37-39-41-43-45-52(57)62-46-49(55)47-63-65(60,61)64-48-50(53(58)59)54-51(56)44-42-40-38-36-34-32-30-28-26-22-20-18-16-14-12-10-8-6-4-2/h18,20,49-50,55H,3-17,19,21-48H2,1-2H3,(H,54,56)(H,58,59)(H,60,61)/b20-18+. The van der Waals surface area contributed by atoms with Crippen molar-refractivity contribution < 1.29 is 47.8 Å². The summed E-state index contributed by atoms with van der Waals surface area (Å²) in [6, 6.07) is -1.54. The largest absolute Gasteiger partial charge is 0.480 e. The summed E-state index contributed by atoms with van der Waals surface area (Å²) in [6.45, 7) is 2.65. The van der Waals surface area contributed by atoms with Crippen molar-refractivity contribution >= 4 is 25.7 Å². The molecule has 1 amide bonds. The van der Waals surface area contributed by atoms with Gasteiger partial charge in [-0.15, -0.1) is 0 Å². The van der Waals surface area contributed by atoms with Gasteiger partial charge in [0, 0.05) is 12.8 Å². The molecule has 0 aliphatic rings. The van der Waals surface area contributed by atoms with Crippen molar-refractivity contribution in [1.82, 2.24) is 5.32 Å². The molecule has 0 aliphatic carbocycles. The molecule has 0 aromatic rings. The van der Waals surface area contributed by atoms with Crippen LogP contribution in [0, 0.1) is 0 Å². The highest BCUT2D eigenvalue weighted by molar-refractivity contribution is 7.47. The normalized spacial score (nSPS) is 13.5. The average molecular weight is 944 g/mol. The van der Waals surface area contributed by atoms with Crippen molar-refractivity contribution in [3.8, 4) is 0 Å². The number of rotatable bonds is 52. The highest BCUT2D eigenvalue weighted by Gasteiger charge is 2.28. The Kier molecular flexibility index (Phi) is 47.3. The average Bonchev–Trinajstić information content (AvgIpc) is 3.28. The first-order chi connectivity index (χ1) is 31.6. The maximum atomic E-state index is 12.4. The van der Waals surface area contributed by atoms with E-state index in [1.54, 1.807) is 0 Å². The first-order valence-corrected chi connectivity index (χ1v) is 28.7. The zero-order chi connectivity index (χ0) is 47.7. The maximum Gasteiger partial charge on any atom is 0.472 e. The summed E-state index contributed by atoms with van der Waals surface area (Å²) < 4.78 is 27.0. The number of ether oxygens (including phenoxy) is 1. The van der Waals surface area contributed by atoms with Crippen LogP contribution in [0.2, 0.25) is 0 Å². The summed E-state index contributed by atoms with van der Waals surface area (Å²) in [5, 5.41) is 22.0. The number of hydrogen-bond acceptors (Lipinski definition) is 8. The first kappa shape index (κ1) is 63.2. The molecule has 384 valence electrons. The minimum Gasteiger partial charge on any atom is -0.480 e. The van der Waals surface area contributed by atoms with Crippen LogP contribution in [0.5, 0.6) is 0 Å². The van der Waals surface area contributed by atoms with Crippen molar-refractivity contribution in [3.63, 3.8) is 0 Å². The number of aliphatic hydroxyl groups is 1. The Balaban J connectivity index is 3.76. The van der Waals surface area contributed by atoms with Gasteiger partial charge >= 0.3 is 19.8 Å². The summed E-state index contributed by atoms with van der Waals surface area (Å²) in [4.78, 5) is 46.2. The van der Waals surface area contributed by atoms with Gasteiger partial charge in [-0.3, -0.25) is 18.6 Å². The number of amides is 1. The van der Waals surface area contributed by atoms with Gasteiger partial charge in [0.2, 0.25) is 5.91 Å². The van der Waals surface area contributed by atoms with E-state index in [1.165, 1.54) is 199 Å². The van der Waals surface area contributed by atoms with E-state index in [0.717, 1.165) is 38.5 Å². The third kappa shape index (κ3) is 48.5. The summed E-state index contributed by atoms with van der Waals surface area (Å²) in [5.41, 5.74) is 0. The number of aliphatic hydroxyl groups excluding tert-OH is 1. The second-order valence-electron chi connectivity index (χ2n) is 18.8. The lowest BCUT2D eigenvalue weighted by Gasteiger charge is -2.18. The van der Waals surface area contributed by atoms with Gasteiger partial charge in [-0.25, -0.2) is 9.36 Å². The van der Waals surface area contributed by atoms with Gasteiger partial charge in [0.15, 0.2) is 6.04 Å². The number of hydrogen-bond donors (Lipinski definition) is 4. The molecule has 0 spiro atoms. The predicted molar refractivity (Wildman–Crippen MR) is 268 cm³/mol. The molecule has 12 heteroatoms. The fraction of sp³-hybridized carbons (Fsp3) is 0.906. The Labute approximate surface area is 398 Å². The van der Waals surface area contributed by atoms with Crippen LogP contribution in [-0.2, 0) is 32.7 Å². The molecular formula is C53H102NO10P. The van der Waals surface area contributed by atoms with Gasteiger partial charge in [0.25, 0.3) is 0 Å². The van der Waals surface area contributed by atoms with Gasteiger partial charge in [0.05, 0.1) is 13.2 Å². The molecule has 0 rings (SSSR count). The molecule has 11 nitrogen and oxygen atoms in total. The topological polar surface area (TPSA) is 169 Å². The van der Waals surface area contributed by atoms with E-state index in [2.05, 4.69) is 31.3 Å². The number of carbonyl (C=O) groups excluding carboxylic acids is 2. The number of carboxylic acid groups (broad SMARTS) is 1. The molecule has 3 unspecified atom stereocenters. The Morgan fingerprint density at radius 1 is 0.477 bits per heavy atom. The zero-order valence-electron chi connectivity index (χ0n) is 42.1. The number of aliphatic carboxylic acids is 1. The fourth-order valence-electron chi connectivity index (χ4n) is 8.08. The molecule has 0 aliphatic heterocycles. The van der Waals surface area contributed by atoms with Crippen LogP contribution in [0.4, 0.5) is 0 Å². The third-order valence-electron chi connectivity index (χ3n) is 12.3. The minimum absolute atomic E-state index is 0.147. The summed E-state index contributed by atoms with van der Waals surface area (Å²) in [6.07, 6.45) is 52.4. The van der Waals surface area contributed by atoms with Crippen LogP contribution in [0.15, 0.2) is 12.2 Å². The van der Waals surface area contributed by atoms with Crippen LogP contribution in [-0.4, -0.2) is 64.9 Å². The van der Waals surface area contributed by atoms with E-state index in [0.29, 0.717) is 12.8 Å². The number of carbonyl (C=O) groups is 3. The monoisotopic (exact) mass is 944 g/mol. The minimum atomic E-state index is -4.76. The van der Waals surface area contributed by atoms with E-state index in [4.69, 9.17) is 13.8 Å². The van der Waals surface area contributed by atoms with Crippen LogP contribution >= 0.6 is 7.82 Å². The van der Waals surface area contributed by atoms with Crippen LogP contribution in [0.3, 0.4) is 0 Å². The number of unbranched alkanes of at least 4 members (excludes halogenated alkanes) is 36. The highest BCUT2D eigenvalue weighted by atomic mass is 31.2. The number of allylic oxidation sites excluding steroid dienone is 2. The number of phosphoric ester groups is 1. The third-order valence-corrected chi connectivity index (χ3v) is 13.3. The maximum absolute atomic E-state index is 12.4. The van der Waals surface area contributed by atoms with E-state index >= 15 is 0 Å². The lowest BCUT2D eigenvalue weighted by Crippen LogP contribution is -2.43. The van der Waals surface area contributed by atoms with Crippen LogP contribution in [0.1, 0.15) is 277 Å². The lowest BCUT2D eigenvalue weighted by atomic mass is 10.0. The fourth-order valence-corrected chi connectivity index (χ4v) is 8.85. The molecule has 0 aromatic heterocycles. The number of esters is 1. The molecule has 0 saturated heterocycles. The van der Waals surface area contributed by atoms with Crippen molar-refractivity contribution in [2.75, 3.05) is 19.8 Å².